The highest BCUT2D eigenvalue weighted by Gasteiger charge is 2.03. The molecular weight excluding hydrogens is 252 g/mol. The molecule has 1 aromatic carbocycles. The first-order valence-corrected chi connectivity index (χ1v) is 6.72. The van der Waals surface area contributed by atoms with Crippen molar-refractivity contribution in [2.24, 2.45) is 0 Å². The van der Waals surface area contributed by atoms with Crippen LogP contribution in [0.15, 0.2) is 42.6 Å². The summed E-state index contributed by atoms with van der Waals surface area (Å²) in [6.45, 7) is 3.92. The van der Waals surface area contributed by atoms with Crippen molar-refractivity contribution in [2.45, 2.75) is 20.1 Å². The maximum Gasteiger partial charge on any atom is 0.169 e. The summed E-state index contributed by atoms with van der Waals surface area (Å²) >= 11 is 0. The van der Waals surface area contributed by atoms with E-state index in [0.717, 1.165) is 17.1 Å². The molecule has 0 radical (unpaired) electrons. The van der Waals surface area contributed by atoms with Crippen LogP contribution in [-0.2, 0) is 17.9 Å². The van der Waals surface area contributed by atoms with E-state index in [1.165, 1.54) is 5.56 Å². The molecule has 0 atom stereocenters. The number of aromatic nitrogens is 1. The van der Waals surface area contributed by atoms with Crippen molar-refractivity contribution < 1.29 is 9.47 Å². The van der Waals surface area contributed by atoms with Crippen molar-refractivity contribution >= 4 is 5.82 Å². The fourth-order valence-corrected chi connectivity index (χ4v) is 1.98. The lowest BCUT2D eigenvalue weighted by Gasteiger charge is -2.11. The number of benzene rings is 1. The molecule has 4 heteroatoms. The molecule has 0 fully saturated rings. The number of hydrogen-bond acceptors (Lipinski definition) is 4. The van der Waals surface area contributed by atoms with E-state index in [-0.39, 0.29) is 0 Å². The standard InChI is InChI=1S/C16H20N2O2/c1-3-20-15-8-5-9-17-16(15)18-11-13-6-4-7-14(10-13)12-19-2/h4-10H,3,11-12H2,1-2H3,(H,17,18). The smallest absolute Gasteiger partial charge is 0.169 e. The van der Waals surface area contributed by atoms with Gasteiger partial charge in [-0.1, -0.05) is 24.3 Å². The molecule has 1 heterocycles. The van der Waals surface area contributed by atoms with Gasteiger partial charge in [0.2, 0.25) is 0 Å². The minimum atomic E-state index is 0.627. The van der Waals surface area contributed by atoms with Crippen LogP contribution in [0.1, 0.15) is 18.1 Å². The van der Waals surface area contributed by atoms with Gasteiger partial charge in [0.05, 0.1) is 13.2 Å². The summed E-state index contributed by atoms with van der Waals surface area (Å²) in [7, 11) is 1.70. The molecule has 1 N–H and O–H groups in total. The van der Waals surface area contributed by atoms with Crippen molar-refractivity contribution in [3.8, 4) is 5.75 Å². The molecule has 0 saturated heterocycles. The van der Waals surface area contributed by atoms with Gasteiger partial charge in [-0.05, 0) is 30.2 Å². The van der Waals surface area contributed by atoms with Crippen molar-refractivity contribution in [2.75, 3.05) is 19.0 Å². The third kappa shape index (κ3) is 3.96. The number of anilines is 1. The molecule has 0 aliphatic heterocycles. The molecule has 0 saturated carbocycles. The SMILES string of the molecule is CCOc1cccnc1NCc1cccc(COC)c1. The Kier molecular flexibility index (Phi) is 5.38. The van der Waals surface area contributed by atoms with E-state index in [1.807, 2.05) is 25.1 Å². The minimum Gasteiger partial charge on any atom is -0.490 e. The first-order chi connectivity index (χ1) is 9.83. The first-order valence-electron chi connectivity index (χ1n) is 6.72. The number of methoxy groups -OCH3 is 1. The van der Waals surface area contributed by atoms with Crippen molar-refractivity contribution in [3.63, 3.8) is 0 Å². The third-order valence-electron chi connectivity index (χ3n) is 2.83. The molecule has 0 aliphatic rings. The predicted octanol–water partition coefficient (Wildman–Crippen LogP) is 3.24. The zero-order valence-corrected chi connectivity index (χ0v) is 11.9. The summed E-state index contributed by atoms with van der Waals surface area (Å²) in [6.07, 6.45) is 1.76. The molecule has 2 rings (SSSR count). The normalized spacial score (nSPS) is 10.3. The van der Waals surface area contributed by atoms with Gasteiger partial charge >= 0.3 is 0 Å². The molecule has 4 nitrogen and oxygen atoms in total. The Bertz CT molecular complexity index is 544. The van der Waals surface area contributed by atoms with E-state index in [0.29, 0.717) is 19.8 Å². The third-order valence-corrected chi connectivity index (χ3v) is 2.83. The average Bonchev–Trinajstić information content (AvgIpc) is 2.47. The number of nitrogens with one attached hydrogen (secondary N) is 1. The van der Waals surface area contributed by atoms with Crippen LogP contribution in [0.4, 0.5) is 5.82 Å². The van der Waals surface area contributed by atoms with Crippen molar-refractivity contribution in [1.82, 2.24) is 4.98 Å². The lowest BCUT2D eigenvalue weighted by molar-refractivity contribution is 0.185. The molecule has 2 aromatic rings. The maximum atomic E-state index is 5.54. The Balaban J connectivity index is 2.03. The van der Waals surface area contributed by atoms with Crippen LogP contribution >= 0.6 is 0 Å². The first kappa shape index (κ1) is 14.3. The molecule has 0 amide bonds. The zero-order chi connectivity index (χ0) is 14.2. The van der Waals surface area contributed by atoms with Gasteiger partial charge in [-0.3, -0.25) is 0 Å². The van der Waals surface area contributed by atoms with Crippen LogP contribution in [0.5, 0.6) is 5.75 Å². The van der Waals surface area contributed by atoms with Gasteiger partial charge in [0.1, 0.15) is 0 Å². The molecule has 0 spiro atoms. The molecule has 106 valence electrons. The van der Waals surface area contributed by atoms with Gasteiger partial charge in [0.15, 0.2) is 11.6 Å². The van der Waals surface area contributed by atoms with Crippen LogP contribution < -0.4 is 10.1 Å². The number of rotatable bonds is 7. The van der Waals surface area contributed by atoms with E-state index in [9.17, 15) is 0 Å². The highest BCUT2D eigenvalue weighted by atomic mass is 16.5. The van der Waals surface area contributed by atoms with Crippen molar-refractivity contribution in [1.29, 1.82) is 0 Å². The Morgan fingerprint density at radius 1 is 1.15 bits per heavy atom. The second-order valence-electron chi connectivity index (χ2n) is 4.39. The fraction of sp³-hybridized carbons (Fsp3) is 0.312. The van der Waals surface area contributed by atoms with E-state index < -0.39 is 0 Å². The maximum absolute atomic E-state index is 5.54. The second-order valence-corrected chi connectivity index (χ2v) is 4.39. The summed E-state index contributed by atoms with van der Waals surface area (Å²) in [6, 6.07) is 12.1. The fourth-order valence-electron chi connectivity index (χ4n) is 1.98. The van der Waals surface area contributed by atoms with Gasteiger partial charge in [0.25, 0.3) is 0 Å². The number of nitrogens with zero attached hydrogens (tertiary/aromatic N) is 1. The van der Waals surface area contributed by atoms with Crippen LogP contribution in [0.3, 0.4) is 0 Å². The Labute approximate surface area is 119 Å². The number of pyridine rings is 1. The van der Waals surface area contributed by atoms with Gasteiger partial charge in [0, 0.05) is 19.9 Å². The summed E-state index contributed by atoms with van der Waals surface area (Å²) in [4.78, 5) is 4.31. The minimum absolute atomic E-state index is 0.627. The highest BCUT2D eigenvalue weighted by molar-refractivity contribution is 5.49. The Morgan fingerprint density at radius 3 is 2.80 bits per heavy atom. The topological polar surface area (TPSA) is 43.4 Å². The van der Waals surface area contributed by atoms with Gasteiger partial charge in [-0.2, -0.15) is 0 Å². The lowest BCUT2D eigenvalue weighted by Crippen LogP contribution is -2.04. The van der Waals surface area contributed by atoms with Crippen LogP contribution in [0.2, 0.25) is 0 Å². The average molecular weight is 272 g/mol. The van der Waals surface area contributed by atoms with E-state index >= 15 is 0 Å². The molecule has 0 aliphatic carbocycles. The summed E-state index contributed by atoms with van der Waals surface area (Å²) in [5, 5.41) is 3.31. The monoisotopic (exact) mass is 272 g/mol. The van der Waals surface area contributed by atoms with E-state index in [4.69, 9.17) is 9.47 Å². The van der Waals surface area contributed by atoms with E-state index in [2.05, 4.69) is 28.5 Å². The van der Waals surface area contributed by atoms with Crippen molar-refractivity contribution in [3.05, 3.63) is 53.7 Å². The second kappa shape index (κ2) is 7.50. The summed E-state index contributed by atoms with van der Waals surface area (Å²) < 4.78 is 10.7. The highest BCUT2D eigenvalue weighted by Crippen LogP contribution is 2.21. The Morgan fingerprint density at radius 2 is 2.00 bits per heavy atom. The molecule has 0 bridgehead atoms. The quantitative estimate of drug-likeness (QED) is 0.840. The molecule has 20 heavy (non-hydrogen) atoms. The lowest BCUT2D eigenvalue weighted by atomic mass is 10.1. The van der Waals surface area contributed by atoms with Gasteiger partial charge in [-0.25, -0.2) is 4.98 Å². The number of hydrogen-bond donors (Lipinski definition) is 1. The van der Waals surface area contributed by atoms with Crippen LogP contribution in [0.25, 0.3) is 0 Å². The molecular formula is C16H20N2O2. The van der Waals surface area contributed by atoms with Crippen LogP contribution in [0, 0.1) is 0 Å². The zero-order valence-electron chi connectivity index (χ0n) is 11.9. The largest absolute Gasteiger partial charge is 0.490 e. The molecule has 0 unspecified atom stereocenters. The number of ether oxygens (including phenoxy) is 2. The van der Waals surface area contributed by atoms with Crippen LogP contribution in [-0.4, -0.2) is 18.7 Å². The summed E-state index contributed by atoms with van der Waals surface area (Å²) in [5.74, 6) is 1.55. The van der Waals surface area contributed by atoms with Gasteiger partial charge < -0.3 is 14.8 Å². The summed E-state index contributed by atoms with van der Waals surface area (Å²) in [5.41, 5.74) is 2.35. The molecule has 1 aromatic heterocycles. The van der Waals surface area contributed by atoms with Gasteiger partial charge in [-0.15, -0.1) is 0 Å². The Hall–Kier alpha value is -2.07. The van der Waals surface area contributed by atoms with E-state index in [1.54, 1.807) is 13.3 Å². The predicted molar refractivity (Wildman–Crippen MR) is 79.9 cm³/mol.